The zero-order valence-corrected chi connectivity index (χ0v) is 10.4. The van der Waals surface area contributed by atoms with Crippen molar-refractivity contribution in [2.24, 2.45) is 0 Å². The average Bonchev–Trinajstić information content (AvgIpc) is 2.17. The third-order valence-corrected chi connectivity index (χ3v) is 3.96. The second-order valence-corrected chi connectivity index (χ2v) is 5.65. The van der Waals surface area contributed by atoms with Crippen molar-refractivity contribution in [1.29, 1.82) is 0 Å². The van der Waals surface area contributed by atoms with E-state index in [0.29, 0.717) is 10.4 Å². The minimum atomic E-state index is 0.587. The van der Waals surface area contributed by atoms with Crippen molar-refractivity contribution in [3.05, 3.63) is 23.4 Å². The lowest BCUT2D eigenvalue weighted by Crippen LogP contribution is -2.33. The van der Waals surface area contributed by atoms with Crippen LogP contribution in [0.2, 0.25) is 5.15 Å². The van der Waals surface area contributed by atoms with Gasteiger partial charge >= 0.3 is 0 Å². The largest absolute Gasteiger partial charge is 0.305 e. The third kappa shape index (κ3) is 3.37. The molecule has 2 nitrogen and oxygen atoms in total. The number of pyridine rings is 1. The first kappa shape index (κ1) is 11.2. The van der Waals surface area contributed by atoms with Gasteiger partial charge in [-0.15, -0.1) is 11.8 Å². The van der Waals surface area contributed by atoms with Gasteiger partial charge in [-0.05, 0) is 38.6 Å². The summed E-state index contributed by atoms with van der Waals surface area (Å²) in [6.07, 6.45) is 2.57. The highest BCUT2D eigenvalue weighted by Crippen LogP contribution is 2.28. The van der Waals surface area contributed by atoms with Gasteiger partial charge in [-0.3, -0.25) is 0 Å². The van der Waals surface area contributed by atoms with Crippen LogP contribution in [0.25, 0.3) is 0 Å². The van der Waals surface area contributed by atoms with Gasteiger partial charge in [0.2, 0.25) is 0 Å². The molecule has 0 aromatic carbocycles. The molecule has 0 saturated carbocycles. The number of hydrogen-bond donors (Lipinski definition) is 0. The molecule has 0 spiro atoms. The molecular formula is C11H15ClN2S. The topological polar surface area (TPSA) is 16.1 Å². The van der Waals surface area contributed by atoms with Crippen molar-refractivity contribution < 1.29 is 0 Å². The molecule has 1 aliphatic rings. The molecule has 1 unspecified atom stereocenters. The number of thioether (sulfide) groups is 1. The Hall–Kier alpha value is -0.250. The molecule has 0 N–H and O–H groups in total. The highest BCUT2D eigenvalue weighted by molar-refractivity contribution is 7.99. The summed E-state index contributed by atoms with van der Waals surface area (Å²) in [7, 11) is 2.18. The second-order valence-electron chi connectivity index (χ2n) is 3.94. The van der Waals surface area contributed by atoms with Crippen LogP contribution in [0.15, 0.2) is 23.2 Å². The summed E-state index contributed by atoms with van der Waals surface area (Å²) in [6, 6.07) is 5.81. The Morgan fingerprint density at radius 3 is 3.13 bits per heavy atom. The zero-order valence-electron chi connectivity index (χ0n) is 8.82. The lowest BCUT2D eigenvalue weighted by atomic mass is 10.1. The van der Waals surface area contributed by atoms with Crippen molar-refractivity contribution >= 4 is 23.4 Å². The summed E-state index contributed by atoms with van der Waals surface area (Å²) in [6.45, 7) is 2.37. The van der Waals surface area contributed by atoms with Crippen molar-refractivity contribution in [3.63, 3.8) is 0 Å². The van der Waals surface area contributed by atoms with Gasteiger partial charge in [-0.25, -0.2) is 4.98 Å². The Labute approximate surface area is 100 Å². The van der Waals surface area contributed by atoms with Crippen LogP contribution < -0.4 is 0 Å². The Morgan fingerprint density at radius 2 is 2.40 bits per heavy atom. The van der Waals surface area contributed by atoms with Crippen LogP contribution in [0.3, 0.4) is 0 Å². The fraction of sp³-hybridized carbons (Fsp3) is 0.545. The summed E-state index contributed by atoms with van der Waals surface area (Å²) < 4.78 is 0. The predicted molar refractivity (Wildman–Crippen MR) is 65.6 cm³/mol. The summed E-state index contributed by atoms with van der Waals surface area (Å²) >= 11 is 7.70. The van der Waals surface area contributed by atoms with Gasteiger partial charge in [-0.1, -0.05) is 17.7 Å². The van der Waals surface area contributed by atoms with Gasteiger partial charge in [0.05, 0.1) is 5.03 Å². The molecule has 1 aromatic rings. The Morgan fingerprint density at radius 1 is 1.53 bits per heavy atom. The molecule has 4 heteroatoms. The van der Waals surface area contributed by atoms with E-state index in [4.69, 9.17) is 11.6 Å². The fourth-order valence-electron chi connectivity index (χ4n) is 1.84. The average molecular weight is 243 g/mol. The number of halogens is 1. The molecular weight excluding hydrogens is 228 g/mol. The summed E-state index contributed by atoms with van der Waals surface area (Å²) in [5.41, 5.74) is 0. The lowest BCUT2D eigenvalue weighted by molar-refractivity contribution is 0.283. The predicted octanol–water partition coefficient (Wildman–Crippen LogP) is 2.92. The molecule has 1 saturated heterocycles. The Balaban J connectivity index is 1.96. The molecule has 0 amide bonds. The van der Waals surface area contributed by atoms with Crippen molar-refractivity contribution in [2.75, 3.05) is 20.1 Å². The van der Waals surface area contributed by atoms with E-state index < -0.39 is 0 Å². The highest BCUT2D eigenvalue weighted by Gasteiger charge is 2.18. The molecule has 15 heavy (non-hydrogen) atoms. The van der Waals surface area contributed by atoms with Gasteiger partial charge in [0.25, 0.3) is 0 Å². The Kier molecular flexibility index (Phi) is 3.89. The first-order chi connectivity index (χ1) is 7.24. The van der Waals surface area contributed by atoms with E-state index >= 15 is 0 Å². The van der Waals surface area contributed by atoms with Crippen molar-refractivity contribution in [3.8, 4) is 0 Å². The van der Waals surface area contributed by atoms with E-state index in [9.17, 15) is 0 Å². The Bertz CT molecular complexity index is 332. The maximum Gasteiger partial charge on any atom is 0.130 e. The molecule has 1 atom stereocenters. The van der Waals surface area contributed by atoms with E-state index in [1.807, 2.05) is 30.0 Å². The van der Waals surface area contributed by atoms with E-state index in [1.165, 1.54) is 19.4 Å². The maximum atomic E-state index is 5.86. The molecule has 0 radical (unpaired) electrons. The molecule has 82 valence electrons. The normalized spacial score (nSPS) is 22.9. The standard InChI is InChI=1S/C11H15ClN2S/c1-14-7-3-4-9(8-14)15-11-6-2-5-10(12)13-11/h2,5-6,9H,3-4,7-8H2,1H3. The molecule has 0 aliphatic carbocycles. The minimum absolute atomic E-state index is 0.587. The van der Waals surface area contributed by atoms with Gasteiger partial charge in [0.15, 0.2) is 0 Å². The van der Waals surface area contributed by atoms with Crippen LogP contribution in [-0.2, 0) is 0 Å². The zero-order chi connectivity index (χ0) is 10.7. The lowest BCUT2D eigenvalue weighted by Gasteiger charge is -2.28. The van der Waals surface area contributed by atoms with Crippen LogP contribution >= 0.6 is 23.4 Å². The molecule has 2 heterocycles. The van der Waals surface area contributed by atoms with Crippen molar-refractivity contribution in [2.45, 2.75) is 23.1 Å². The molecule has 2 rings (SSSR count). The first-order valence-corrected chi connectivity index (χ1v) is 6.47. The molecule has 0 bridgehead atoms. The number of nitrogens with zero attached hydrogens (tertiary/aromatic N) is 2. The number of piperidine rings is 1. The van der Waals surface area contributed by atoms with Crippen LogP contribution in [0, 0.1) is 0 Å². The fourth-order valence-corrected chi connectivity index (χ4v) is 3.32. The smallest absolute Gasteiger partial charge is 0.130 e. The molecule has 1 fully saturated rings. The third-order valence-electron chi connectivity index (χ3n) is 2.56. The number of aromatic nitrogens is 1. The number of likely N-dealkylation sites (tertiary alicyclic amines) is 1. The van der Waals surface area contributed by atoms with Gasteiger partial charge in [-0.2, -0.15) is 0 Å². The van der Waals surface area contributed by atoms with Crippen molar-refractivity contribution in [1.82, 2.24) is 9.88 Å². The quantitative estimate of drug-likeness (QED) is 0.742. The van der Waals surface area contributed by atoms with E-state index in [2.05, 4.69) is 16.9 Å². The first-order valence-electron chi connectivity index (χ1n) is 5.22. The number of rotatable bonds is 2. The summed E-state index contributed by atoms with van der Waals surface area (Å²) in [5, 5.41) is 2.29. The summed E-state index contributed by atoms with van der Waals surface area (Å²) in [4.78, 5) is 6.68. The van der Waals surface area contributed by atoms with Gasteiger partial charge < -0.3 is 4.90 Å². The maximum absolute atomic E-state index is 5.86. The van der Waals surface area contributed by atoms with Gasteiger partial charge in [0, 0.05) is 11.8 Å². The monoisotopic (exact) mass is 242 g/mol. The second kappa shape index (κ2) is 5.19. The van der Waals surface area contributed by atoms with Gasteiger partial charge in [0.1, 0.15) is 5.15 Å². The summed E-state index contributed by atoms with van der Waals surface area (Å²) in [5.74, 6) is 0. The van der Waals surface area contributed by atoms with Crippen LogP contribution in [0.4, 0.5) is 0 Å². The van der Waals surface area contributed by atoms with E-state index in [0.717, 1.165) is 11.6 Å². The SMILES string of the molecule is CN1CCCC(Sc2cccc(Cl)n2)C1. The van der Waals surface area contributed by atoms with E-state index in [1.54, 1.807) is 0 Å². The van der Waals surface area contributed by atoms with Crippen LogP contribution in [0.5, 0.6) is 0 Å². The minimum Gasteiger partial charge on any atom is -0.305 e. The van der Waals surface area contributed by atoms with E-state index in [-0.39, 0.29) is 0 Å². The molecule has 1 aromatic heterocycles. The molecule has 1 aliphatic heterocycles. The van der Waals surface area contributed by atoms with Crippen LogP contribution in [0.1, 0.15) is 12.8 Å². The highest BCUT2D eigenvalue weighted by atomic mass is 35.5. The number of hydrogen-bond acceptors (Lipinski definition) is 3. The van der Waals surface area contributed by atoms with Crippen LogP contribution in [-0.4, -0.2) is 35.3 Å².